The Bertz CT molecular complexity index is 310. The van der Waals surface area contributed by atoms with Gasteiger partial charge in [0.1, 0.15) is 5.78 Å². The molecular weight excluding hydrogens is 180 g/mol. The number of carbonyl (C=O) groups is 2. The Labute approximate surface area is 82.8 Å². The first-order chi connectivity index (χ1) is 6.75. The number of carbonyl (C=O) groups excluding carboxylic acids is 2. The van der Waals surface area contributed by atoms with Crippen molar-refractivity contribution >= 4 is 11.8 Å². The fourth-order valence-corrected chi connectivity index (χ4v) is 3.46. The molecule has 3 heteroatoms. The van der Waals surface area contributed by atoms with Crippen molar-refractivity contribution in [1.82, 2.24) is 0 Å². The highest BCUT2D eigenvalue weighted by Gasteiger charge is 2.75. The van der Waals surface area contributed by atoms with Crippen molar-refractivity contribution in [2.75, 3.05) is 6.61 Å². The molecule has 0 aromatic heterocycles. The van der Waals surface area contributed by atoms with Crippen molar-refractivity contribution in [1.29, 1.82) is 0 Å². The largest absolute Gasteiger partial charge is 0.465 e. The van der Waals surface area contributed by atoms with Gasteiger partial charge in [-0.2, -0.15) is 0 Å². The number of ketones is 1. The molecule has 0 heterocycles. The molecule has 0 saturated heterocycles. The molecule has 0 N–H and O–H groups in total. The highest BCUT2D eigenvalue weighted by Crippen LogP contribution is 2.71. The van der Waals surface area contributed by atoms with Gasteiger partial charge in [0.2, 0.25) is 0 Å². The Hall–Kier alpha value is -0.860. The minimum Gasteiger partial charge on any atom is -0.465 e. The minimum absolute atomic E-state index is 0.0272. The van der Waals surface area contributed by atoms with E-state index in [1.165, 1.54) is 0 Å². The smallest absolute Gasteiger partial charge is 0.309 e. The molecule has 2 unspecified atom stereocenters. The third-order valence-electron chi connectivity index (χ3n) is 4.02. The zero-order valence-corrected chi connectivity index (χ0v) is 8.23. The van der Waals surface area contributed by atoms with Crippen LogP contribution < -0.4 is 0 Å². The second kappa shape index (κ2) is 2.59. The van der Waals surface area contributed by atoms with Gasteiger partial charge in [-0.05, 0) is 24.7 Å². The van der Waals surface area contributed by atoms with Crippen LogP contribution in [0.2, 0.25) is 0 Å². The van der Waals surface area contributed by atoms with Gasteiger partial charge in [-0.1, -0.05) is 6.92 Å². The molecule has 4 aliphatic carbocycles. The molecule has 0 radical (unpaired) electrons. The second-order valence-electron chi connectivity index (χ2n) is 4.70. The average Bonchev–Trinajstić information content (AvgIpc) is 2.51. The van der Waals surface area contributed by atoms with Gasteiger partial charge < -0.3 is 4.74 Å². The van der Waals surface area contributed by atoms with E-state index in [-0.39, 0.29) is 23.7 Å². The van der Waals surface area contributed by atoms with E-state index in [2.05, 4.69) is 0 Å². The maximum atomic E-state index is 11.6. The van der Waals surface area contributed by atoms with Crippen LogP contribution in [0.4, 0.5) is 0 Å². The quantitative estimate of drug-likeness (QED) is 0.630. The van der Waals surface area contributed by atoms with Crippen molar-refractivity contribution in [2.45, 2.75) is 19.8 Å². The maximum absolute atomic E-state index is 11.6. The lowest BCUT2D eigenvalue weighted by Gasteiger charge is -2.12. The van der Waals surface area contributed by atoms with E-state index in [1.54, 1.807) is 0 Å². The summed E-state index contributed by atoms with van der Waals surface area (Å²) in [5, 5.41) is 0. The van der Waals surface area contributed by atoms with Gasteiger partial charge in [-0.25, -0.2) is 0 Å². The number of rotatable bonds is 3. The van der Waals surface area contributed by atoms with Crippen LogP contribution in [-0.4, -0.2) is 18.4 Å². The molecule has 0 amide bonds. The summed E-state index contributed by atoms with van der Waals surface area (Å²) in [6, 6.07) is 0. The first-order valence-corrected chi connectivity index (χ1v) is 5.46. The third kappa shape index (κ3) is 0.830. The van der Waals surface area contributed by atoms with Gasteiger partial charge in [0, 0.05) is 11.8 Å². The predicted molar refractivity (Wildman–Crippen MR) is 48.3 cm³/mol. The lowest BCUT2D eigenvalue weighted by atomic mass is 9.98. The van der Waals surface area contributed by atoms with E-state index in [0.29, 0.717) is 24.2 Å². The summed E-state index contributed by atoms with van der Waals surface area (Å²) in [5.74, 6) is 1.36. The van der Waals surface area contributed by atoms with Crippen LogP contribution in [0.1, 0.15) is 19.8 Å². The first kappa shape index (κ1) is 8.45. The molecule has 0 aromatic carbocycles. The number of hydrogen-bond acceptors (Lipinski definition) is 3. The molecule has 14 heavy (non-hydrogen) atoms. The lowest BCUT2D eigenvalue weighted by Crippen LogP contribution is -2.23. The SMILES string of the molecule is CCCOC(=O)[C@@H]1[C@@H]2C3C[C@H]1C(=O)C32. The number of Topliss-reactive ketones (excluding diaryl/α,β-unsaturated/α-hetero) is 1. The maximum Gasteiger partial charge on any atom is 0.309 e. The summed E-state index contributed by atoms with van der Waals surface area (Å²) in [5.41, 5.74) is 0. The predicted octanol–water partition coefficient (Wildman–Crippen LogP) is 1.02. The van der Waals surface area contributed by atoms with Crippen LogP contribution in [-0.2, 0) is 14.3 Å². The molecule has 4 saturated carbocycles. The second-order valence-corrected chi connectivity index (χ2v) is 4.70. The van der Waals surface area contributed by atoms with E-state index in [0.717, 1.165) is 12.8 Å². The normalized spacial score (nSPS) is 46.9. The van der Waals surface area contributed by atoms with Gasteiger partial charge in [0.25, 0.3) is 0 Å². The van der Waals surface area contributed by atoms with Crippen molar-refractivity contribution in [3.8, 4) is 0 Å². The fraction of sp³-hybridized carbons (Fsp3) is 0.818. The highest BCUT2D eigenvalue weighted by atomic mass is 16.5. The van der Waals surface area contributed by atoms with Crippen LogP contribution >= 0.6 is 0 Å². The molecule has 5 atom stereocenters. The first-order valence-electron chi connectivity index (χ1n) is 5.46. The molecular formula is C11H14O3. The van der Waals surface area contributed by atoms with Gasteiger partial charge in [0.05, 0.1) is 12.5 Å². The summed E-state index contributed by atoms with van der Waals surface area (Å²) in [4.78, 5) is 23.2. The summed E-state index contributed by atoms with van der Waals surface area (Å²) < 4.78 is 5.13. The van der Waals surface area contributed by atoms with Gasteiger partial charge >= 0.3 is 5.97 Å². The van der Waals surface area contributed by atoms with Crippen LogP contribution in [0.25, 0.3) is 0 Å². The standard InChI is InChI=1S/C11H14O3/c1-2-3-14-11(13)9-6-4-5-7(9)8(5)10(6)12/h5-9H,2-4H2,1H3/t5?,6-,7-,8?,9+/m1/s1. The van der Waals surface area contributed by atoms with E-state index >= 15 is 0 Å². The van der Waals surface area contributed by atoms with Crippen LogP contribution in [0.15, 0.2) is 0 Å². The zero-order valence-electron chi connectivity index (χ0n) is 8.23. The minimum atomic E-state index is -0.113. The highest BCUT2D eigenvalue weighted by molar-refractivity contribution is 5.98. The molecule has 76 valence electrons. The topological polar surface area (TPSA) is 43.4 Å². The molecule has 4 fully saturated rings. The molecule has 3 nitrogen and oxygen atoms in total. The van der Waals surface area contributed by atoms with Crippen molar-refractivity contribution in [3.63, 3.8) is 0 Å². The summed E-state index contributed by atoms with van der Waals surface area (Å²) in [7, 11) is 0. The summed E-state index contributed by atoms with van der Waals surface area (Å²) in [6.45, 7) is 2.48. The number of ether oxygens (including phenoxy) is 1. The summed E-state index contributed by atoms with van der Waals surface area (Å²) >= 11 is 0. The van der Waals surface area contributed by atoms with Crippen molar-refractivity contribution in [2.24, 2.45) is 29.6 Å². The van der Waals surface area contributed by atoms with Gasteiger partial charge in [-0.3, -0.25) is 9.59 Å². The Morgan fingerprint density at radius 1 is 1.57 bits per heavy atom. The monoisotopic (exact) mass is 194 g/mol. The molecule has 4 bridgehead atoms. The molecule has 4 rings (SSSR count). The lowest BCUT2D eigenvalue weighted by molar-refractivity contribution is -0.150. The van der Waals surface area contributed by atoms with Crippen LogP contribution in [0, 0.1) is 29.6 Å². The fourth-order valence-electron chi connectivity index (χ4n) is 3.46. The van der Waals surface area contributed by atoms with E-state index in [1.807, 2.05) is 6.92 Å². The Morgan fingerprint density at radius 2 is 2.36 bits per heavy atom. The number of hydrogen-bond donors (Lipinski definition) is 0. The Balaban J connectivity index is 1.71. The van der Waals surface area contributed by atoms with Crippen LogP contribution in [0.3, 0.4) is 0 Å². The van der Waals surface area contributed by atoms with E-state index < -0.39 is 0 Å². The molecule has 4 aliphatic rings. The van der Waals surface area contributed by atoms with Crippen LogP contribution in [0.5, 0.6) is 0 Å². The van der Waals surface area contributed by atoms with E-state index in [4.69, 9.17) is 4.74 Å². The average molecular weight is 194 g/mol. The molecule has 0 aromatic rings. The molecule has 0 spiro atoms. The van der Waals surface area contributed by atoms with Gasteiger partial charge in [-0.15, -0.1) is 0 Å². The third-order valence-corrected chi connectivity index (χ3v) is 4.02. The van der Waals surface area contributed by atoms with Crippen molar-refractivity contribution < 1.29 is 14.3 Å². The molecule has 0 aliphatic heterocycles. The zero-order chi connectivity index (χ0) is 9.87. The van der Waals surface area contributed by atoms with E-state index in [9.17, 15) is 9.59 Å². The number of esters is 1. The Kier molecular flexibility index (Phi) is 1.56. The van der Waals surface area contributed by atoms with Crippen molar-refractivity contribution in [3.05, 3.63) is 0 Å². The summed E-state index contributed by atoms with van der Waals surface area (Å²) in [6.07, 6.45) is 1.81. The Morgan fingerprint density at radius 3 is 2.79 bits per heavy atom. The van der Waals surface area contributed by atoms with Gasteiger partial charge in [0.15, 0.2) is 0 Å².